The second-order valence-electron chi connectivity index (χ2n) is 11.6. The molecule has 0 atom stereocenters. The number of aromatic hydroxyl groups is 1. The number of carbonyl (C=O) groups is 4. The molecule has 0 spiro atoms. The number of hydrogen-bond donors (Lipinski definition) is 6. The molecule has 0 aromatic heterocycles. The van der Waals surface area contributed by atoms with Crippen molar-refractivity contribution in [3.8, 4) is 16.9 Å². The molecule has 19 heteroatoms. The summed E-state index contributed by atoms with van der Waals surface area (Å²) in [7, 11) is -10.1. The first-order chi connectivity index (χ1) is 24.3. The molecule has 17 nitrogen and oxygen atoms in total. The van der Waals surface area contributed by atoms with Crippen LogP contribution in [0.1, 0.15) is 17.5 Å². The van der Waals surface area contributed by atoms with Crippen LogP contribution in [-0.2, 0) is 39.4 Å². The quantitative estimate of drug-likeness (QED) is 0.0554. The van der Waals surface area contributed by atoms with Crippen LogP contribution < -0.4 is 16.4 Å². The number of azo groups is 1. The van der Waals surface area contributed by atoms with Gasteiger partial charge in [0.15, 0.2) is 5.75 Å². The largest absolute Gasteiger partial charge is 0.505 e. The third-order valence-electron chi connectivity index (χ3n) is 7.98. The molecule has 1 heterocycles. The third-order valence-corrected chi connectivity index (χ3v) is 9.77. The van der Waals surface area contributed by atoms with Gasteiger partial charge in [-0.2, -0.15) is 21.9 Å². The van der Waals surface area contributed by atoms with Gasteiger partial charge in [0.1, 0.15) is 15.5 Å². The molecule has 0 radical (unpaired) electrons. The van der Waals surface area contributed by atoms with E-state index in [4.69, 9.17) is 5.73 Å². The Morgan fingerprint density at radius 2 is 1.37 bits per heavy atom. The number of hydrogen-bond acceptors (Lipinski definition) is 12. The van der Waals surface area contributed by atoms with E-state index in [0.29, 0.717) is 23.0 Å². The van der Waals surface area contributed by atoms with Gasteiger partial charge in [0, 0.05) is 36.2 Å². The molecule has 0 unspecified atom stereocenters. The Morgan fingerprint density at radius 1 is 0.788 bits per heavy atom. The molecule has 1 aliphatic heterocycles. The lowest BCUT2D eigenvalue weighted by Gasteiger charge is -2.14. The number of nitrogens with two attached hydrogens (primary N) is 1. The normalized spacial score (nSPS) is 13.3. The highest BCUT2D eigenvalue weighted by Crippen LogP contribution is 2.44. The lowest BCUT2D eigenvalue weighted by Crippen LogP contribution is -2.37. The lowest BCUT2D eigenvalue weighted by molar-refractivity contribution is -0.137. The number of aryl methyl sites for hydroxylation is 2. The number of nitrogen functional groups attached to an aromatic ring is 1. The molecule has 0 fully saturated rings. The number of nitrogens with zero attached hydrogens (tertiary/aromatic N) is 3. The van der Waals surface area contributed by atoms with Crippen LogP contribution in [0.15, 0.2) is 86.8 Å². The van der Waals surface area contributed by atoms with Gasteiger partial charge in [-0.15, -0.1) is 5.11 Å². The van der Waals surface area contributed by atoms with Crippen LogP contribution >= 0.6 is 0 Å². The zero-order valence-electron chi connectivity index (χ0n) is 27.3. The Morgan fingerprint density at radius 3 is 1.96 bits per heavy atom. The minimum atomic E-state index is -5.06. The Hall–Kier alpha value is -6.02. The summed E-state index contributed by atoms with van der Waals surface area (Å²) in [5.41, 5.74) is 8.83. The van der Waals surface area contributed by atoms with Gasteiger partial charge in [0.25, 0.3) is 32.1 Å². The Kier molecular flexibility index (Phi) is 10.2. The predicted octanol–water partition coefficient (Wildman–Crippen LogP) is 3.69. The first kappa shape index (κ1) is 37.2. The van der Waals surface area contributed by atoms with E-state index in [1.54, 1.807) is 38.1 Å². The molecule has 52 heavy (non-hydrogen) atoms. The molecule has 0 saturated carbocycles. The fraction of sp³-hybridized carbons (Fsp3) is 0.152. The highest BCUT2D eigenvalue weighted by atomic mass is 32.2. The summed E-state index contributed by atoms with van der Waals surface area (Å²) in [6.07, 6.45) is 2.09. The number of imide groups is 1. The van der Waals surface area contributed by atoms with Crippen molar-refractivity contribution in [2.24, 2.45) is 10.2 Å². The number of benzene rings is 4. The molecule has 4 aromatic rings. The molecule has 7 N–H and O–H groups in total. The summed E-state index contributed by atoms with van der Waals surface area (Å²) in [4.78, 5) is 46.8. The van der Waals surface area contributed by atoms with E-state index in [1.165, 1.54) is 6.07 Å². The number of phenols is 1. The minimum absolute atomic E-state index is 0.100. The minimum Gasteiger partial charge on any atom is -0.505 e. The van der Waals surface area contributed by atoms with E-state index in [-0.39, 0.29) is 30.6 Å². The van der Waals surface area contributed by atoms with Gasteiger partial charge in [-0.3, -0.25) is 33.2 Å². The van der Waals surface area contributed by atoms with Gasteiger partial charge >= 0.3 is 0 Å². The summed E-state index contributed by atoms with van der Waals surface area (Å²) in [6.45, 7) is 3.11. The zero-order valence-corrected chi connectivity index (χ0v) is 28.9. The second kappa shape index (κ2) is 14.3. The Labute approximate surface area is 296 Å². The lowest BCUT2D eigenvalue weighted by atomic mass is 10.00. The number of phenolic OH excluding ortho intramolecular Hbond substituents is 1. The van der Waals surface area contributed by atoms with Gasteiger partial charge in [0.05, 0.1) is 23.3 Å². The first-order valence-electron chi connectivity index (χ1n) is 15.1. The number of anilines is 2. The number of fused-ring (bicyclic) bond motifs is 1. The van der Waals surface area contributed by atoms with Crippen LogP contribution in [0, 0.1) is 13.8 Å². The van der Waals surface area contributed by atoms with E-state index >= 15 is 0 Å². The average molecular weight is 751 g/mol. The molecule has 4 amide bonds. The fourth-order valence-electron chi connectivity index (χ4n) is 5.33. The van der Waals surface area contributed by atoms with Crippen LogP contribution in [-0.4, -0.2) is 72.7 Å². The van der Waals surface area contributed by atoms with Crippen LogP contribution in [0.4, 0.5) is 22.7 Å². The molecule has 270 valence electrons. The average Bonchev–Trinajstić information content (AvgIpc) is 3.38. The summed E-state index contributed by atoms with van der Waals surface area (Å²) < 4.78 is 66.9. The number of rotatable bonds is 11. The summed E-state index contributed by atoms with van der Waals surface area (Å²) in [5.74, 6) is -2.74. The maximum absolute atomic E-state index is 12.5. The van der Waals surface area contributed by atoms with Gasteiger partial charge in [-0.1, -0.05) is 18.2 Å². The van der Waals surface area contributed by atoms with Gasteiger partial charge in [-0.25, -0.2) is 0 Å². The summed E-state index contributed by atoms with van der Waals surface area (Å²) in [6, 6.07) is 13.3. The van der Waals surface area contributed by atoms with Crippen molar-refractivity contribution in [3.63, 3.8) is 0 Å². The second-order valence-corrected chi connectivity index (χ2v) is 14.3. The van der Waals surface area contributed by atoms with Crippen molar-refractivity contribution in [3.05, 3.63) is 77.9 Å². The van der Waals surface area contributed by atoms with E-state index < -0.39 is 70.5 Å². The number of carbonyl (C=O) groups excluding carboxylic acids is 4. The van der Waals surface area contributed by atoms with Crippen LogP contribution in [0.25, 0.3) is 21.9 Å². The monoisotopic (exact) mass is 750 g/mol. The third kappa shape index (κ3) is 7.97. The van der Waals surface area contributed by atoms with E-state index in [0.717, 1.165) is 39.8 Å². The van der Waals surface area contributed by atoms with Crippen molar-refractivity contribution in [2.45, 2.75) is 30.1 Å². The highest BCUT2D eigenvalue weighted by molar-refractivity contribution is 7.87. The van der Waals surface area contributed by atoms with Gasteiger partial charge in [-0.05, 0) is 72.5 Å². The standard InChI is InChI=1S/C33H30N6O11S2/c1-17-13-19(3-6-22(17)36-28(41)16-35-27(40)11-12-39-29(42)9-10-30(39)43)20-4-7-23(18(2)14-20)37-38-24-8-5-21-25(51(45,46)47)15-26(52(48,49)50)32(34)31(21)33(24)44/h3-10,13-15,44H,11-12,16,34H2,1-2H3,(H,35,40)(H,36,41)(H,45,46,47)(H,48,49,50). The van der Waals surface area contributed by atoms with Crippen molar-refractivity contribution in [1.29, 1.82) is 0 Å². The Balaban J connectivity index is 1.28. The van der Waals surface area contributed by atoms with Crippen molar-refractivity contribution in [2.75, 3.05) is 24.1 Å². The summed E-state index contributed by atoms with van der Waals surface area (Å²) in [5, 5.41) is 23.5. The SMILES string of the molecule is Cc1cc(-c2ccc(NC(=O)CNC(=O)CCN3C(=O)C=CC3=O)c(C)c2)ccc1N=Nc1ccc2c(S(=O)(=O)O)cc(S(=O)(=O)O)c(N)c2c1O. The van der Waals surface area contributed by atoms with Crippen molar-refractivity contribution < 1.29 is 50.2 Å². The molecule has 1 aliphatic rings. The van der Waals surface area contributed by atoms with E-state index in [9.17, 15) is 50.2 Å². The van der Waals surface area contributed by atoms with Crippen molar-refractivity contribution in [1.82, 2.24) is 10.2 Å². The number of nitrogens with one attached hydrogen (secondary N) is 2. The molecule has 0 aliphatic carbocycles. The molecular formula is C33H30N6O11S2. The topological polar surface area (TPSA) is 275 Å². The maximum atomic E-state index is 12.5. The first-order valence-corrected chi connectivity index (χ1v) is 18.0. The Bertz CT molecular complexity index is 2460. The van der Waals surface area contributed by atoms with Crippen LogP contribution in [0.3, 0.4) is 0 Å². The predicted molar refractivity (Wildman–Crippen MR) is 187 cm³/mol. The smallest absolute Gasteiger partial charge is 0.296 e. The molecular weight excluding hydrogens is 721 g/mol. The zero-order chi connectivity index (χ0) is 38.1. The van der Waals surface area contributed by atoms with E-state index in [1.807, 2.05) is 12.1 Å². The van der Waals surface area contributed by atoms with Gasteiger partial charge in [0.2, 0.25) is 11.8 Å². The number of amides is 4. The highest BCUT2D eigenvalue weighted by Gasteiger charge is 2.27. The van der Waals surface area contributed by atoms with Crippen LogP contribution in [0.2, 0.25) is 0 Å². The maximum Gasteiger partial charge on any atom is 0.296 e. The molecule has 0 bridgehead atoms. The van der Waals surface area contributed by atoms with Crippen molar-refractivity contribution >= 4 is 77.4 Å². The fourth-order valence-corrected chi connectivity index (χ4v) is 6.76. The summed E-state index contributed by atoms with van der Waals surface area (Å²) >= 11 is 0. The van der Waals surface area contributed by atoms with E-state index in [2.05, 4.69) is 20.9 Å². The molecule has 0 saturated heterocycles. The molecule has 4 aromatic carbocycles. The van der Waals surface area contributed by atoms with Gasteiger partial charge < -0.3 is 21.5 Å². The molecule has 5 rings (SSSR count). The van der Waals surface area contributed by atoms with Crippen LogP contribution in [0.5, 0.6) is 5.75 Å².